The molecule has 9 heteroatoms. The fourth-order valence-electron chi connectivity index (χ4n) is 2.42. The Labute approximate surface area is 132 Å². The summed E-state index contributed by atoms with van der Waals surface area (Å²) in [5.41, 5.74) is -0.424. The van der Waals surface area contributed by atoms with E-state index in [1.807, 2.05) is 27.7 Å². The molecule has 0 bridgehead atoms. The molecule has 3 heterocycles. The Morgan fingerprint density at radius 3 is 2.36 bits per heavy atom. The van der Waals surface area contributed by atoms with E-state index in [0.29, 0.717) is 10.8 Å². The first-order valence-corrected chi connectivity index (χ1v) is 7.57. The molecule has 0 unspecified atom stereocenters. The van der Waals surface area contributed by atoms with Crippen LogP contribution < -0.4 is 11.0 Å². The minimum atomic E-state index is -0.637. The minimum absolute atomic E-state index is 0.0643. The molecule has 0 aliphatic carbocycles. The van der Waals surface area contributed by atoms with Crippen molar-refractivity contribution < 1.29 is 13.2 Å². The minimum Gasteiger partial charge on any atom is -0.399 e. The van der Waals surface area contributed by atoms with Crippen molar-refractivity contribution in [2.45, 2.75) is 38.9 Å². The Kier molecular flexibility index (Phi) is 3.43. The van der Waals surface area contributed by atoms with Crippen molar-refractivity contribution in [1.82, 2.24) is 13.8 Å². The Balaban J connectivity index is 2.18. The summed E-state index contributed by atoms with van der Waals surface area (Å²) in [5.74, 6) is 0. The van der Waals surface area contributed by atoms with Crippen LogP contribution in [0.2, 0.25) is 0 Å². The summed E-state index contributed by atoms with van der Waals surface area (Å²) in [7, 11) is 0.986. The van der Waals surface area contributed by atoms with Gasteiger partial charge in [0.2, 0.25) is 0 Å². The molecular weight excluding hydrogens is 308 g/mol. The lowest BCUT2D eigenvalue weighted by Gasteiger charge is -2.32. The number of fused-ring (bicyclic) bond motifs is 1. The van der Waals surface area contributed by atoms with Gasteiger partial charge in [0, 0.05) is 30.3 Å². The highest BCUT2D eigenvalue weighted by Crippen LogP contribution is 2.36. The summed E-state index contributed by atoms with van der Waals surface area (Å²) in [6.07, 6.45) is 3.13. The average molecular weight is 325 g/mol. The van der Waals surface area contributed by atoms with Gasteiger partial charge in [0.15, 0.2) is 17.9 Å². The van der Waals surface area contributed by atoms with Crippen molar-refractivity contribution in [2.75, 3.05) is 0 Å². The van der Waals surface area contributed by atoms with E-state index in [9.17, 15) is 8.68 Å². The lowest BCUT2D eigenvalue weighted by Crippen LogP contribution is -2.41. The molecule has 1 aliphatic heterocycles. The van der Waals surface area contributed by atoms with Gasteiger partial charge in [-0.3, -0.25) is 4.79 Å². The second-order valence-corrected chi connectivity index (χ2v) is 6.96. The maximum atomic E-state index is 12.8. The number of rotatable bonds is 2. The van der Waals surface area contributed by atoms with E-state index >= 15 is 0 Å². The number of pyridine rings is 1. The van der Waals surface area contributed by atoms with Crippen LogP contribution in [0.3, 0.4) is 0 Å². The zero-order chi connectivity index (χ0) is 16.3. The first-order valence-electron chi connectivity index (χ1n) is 6.90. The fraction of sp³-hybridized carbons (Fsp3) is 0.538. The Morgan fingerprint density at radius 1 is 1.23 bits per heavy atom. The van der Waals surface area contributed by atoms with Crippen LogP contribution >= 0.6 is 12.3 Å². The fourth-order valence-corrected chi connectivity index (χ4v) is 2.68. The van der Waals surface area contributed by atoms with Crippen LogP contribution in [-0.2, 0) is 16.4 Å². The van der Waals surface area contributed by atoms with Gasteiger partial charge in [0.1, 0.15) is 0 Å². The second-order valence-electron chi connectivity index (χ2n) is 6.45. The number of nitrogens with zero attached hydrogens (tertiary/aromatic N) is 3. The summed E-state index contributed by atoms with van der Waals surface area (Å²) < 4.78 is 27.3. The summed E-state index contributed by atoms with van der Waals surface area (Å²) in [6.45, 7) is 7.81. The van der Waals surface area contributed by atoms with Crippen LogP contribution in [0.15, 0.2) is 17.2 Å². The third kappa shape index (κ3) is 2.19. The molecule has 22 heavy (non-hydrogen) atoms. The quantitative estimate of drug-likeness (QED) is 0.782. The van der Waals surface area contributed by atoms with E-state index in [1.54, 1.807) is 13.2 Å². The van der Waals surface area contributed by atoms with Crippen molar-refractivity contribution >= 4 is 35.8 Å². The Bertz CT molecular complexity index is 786. The highest BCUT2D eigenvalue weighted by molar-refractivity contribution is 7.92. The SMILES string of the molecule is Cn1cc(B2OC(C)(C)C(C)(C)O2)c2cn(SF)nc2c1=O. The molecule has 2 aromatic heterocycles. The summed E-state index contributed by atoms with van der Waals surface area (Å²) in [4.78, 5) is 12.2. The molecule has 1 aliphatic rings. The van der Waals surface area contributed by atoms with Gasteiger partial charge in [-0.25, -0.2) is 0 Å². The number of aromatic nitrogens is 3. The Morgan fingerprint density at radius 2 is 1.82 bits per heavy atom. The maximum absolute atomic E-state index is 12.8. The standard InChI is InChI=1S/C13H17BFN3O3S/c1-12(2)13(3,4)21-14(20-12)9-7-17(5)11(19)10-8(9)6-18(16-10)22-15/h6-7H,1-5H3. The molecule has 0 N–H and O–H groups in total. The van der Waals surface area contributed by atoms with Crippen molar-refractivity contribution in [1.29, 1.82) is 0 Å². The van der Waals surface area contributed by atoms with Crippen LogP contribution in [0.1, 0.15) is 27.7 Å². The summed E-state index contributed by atoms with van der Waals surface area (Å²) in [6, 6.07) is 0. The van der Waals surface area contributed by atoms with Crippen molar-refractivity contribution in [2.24, 2.45) is 7.05 Å². The molecule has 0 atom stereocenters. The van der Waals surface area contributed by atoms with Crippen LogP contribution in [0.4, 0.5) is 3.89 Å². The van der Waals surface area contributed by atoms with Gasteiger partial charge in [-0.2, -0.15) is 9.19 Å². The highest BCUT2D eigenvalue weighted by atomic mass is 32.2. The number of aryl methyl sites for hydroxylation is 1. The molecule has 0 saturated carbocycles. The monoisotopic (exact) mass is 325 g/mol. The third-order valence-electron chi connectivity index (χ3n) is 4.44. The van der Waals surface area contributed by atoms with Gasteiger partial charge in [0.05, 0.1) is 11.2 Å². The number of hydrogen-bond acceptors (Lipinski definition) is 5. The largest absolute Gasteiger partial charge is 0.497 e. The van der Waals surface area contributed by atoms with Crippen LogP contribution in [0, 0.1) is 0 Å². The molecule has 118 valence electrons. The Hall–Kier alpha value is -1.32. The van der Waals surface area contributed by atoms with Gasteiger partial charge in [-0.05, 0) is 27.7 Å². The van der Waals surface area contributed by atoms with Crippen molar-refractivity contribution in [3.8, 4) is 0 Å². The number of halogens is 1. The van der Waals surface area contributed by atoms with Gasteiger partial charge in [-0.1, -0.05) is 0 Å². The smallest absolute Gasteiger partial charge is 0.399 e. The van der Waals surface area contributed by atoms with E-state index in [1.165, 1.54) is 10.8 Å². The van der Waals surface area contributed by atoms with Crippen molar-refractivity contribution in [3.63, 3.8) is 0 Å². The lowest BCUT2D eigenvalue weighted by atomic mass is 9.78. The maximum Gasteiger partial charge on any atom is 0.497 e. The number of hydrogen-bond donors (Lipinski definition) is 0. The predicted molar refractivity (Wildman–Crippen MR) is 84.8 cm³/mol. The molecule has 0 spiro atoms. The predicted octanol–water partition coefficient (Wildman–Crippen LogP) is 1.41. The lowest BCUT2D eigenvalue weighted by molar-refractivity contribution is 0.00578. The van der Waals surface area contributed by atoms with Gasteiger partial charge in [-0.15, -0.1) is 3.89 Å². The van der Waals surface area contributed by atoms with E-state index < -0.39 is 18.3 Å². The first-order chi connectivity index (χ1) is 10.2. The molecule has 2 aromatic rings. The molecule has 0 radical (unpaired) electrons. The molecule has 3 rings (SSSR count). The van der Waals surface area contributed by atoms with E-state index in [-0.39, 0.29) is 23.4 Å². The first kappa shape index (κ1) is 15.6. The van der Waals surface area contributed by atoms with Crippen LogP contribution in [0.25, 0.3) is 10.9 Å². The normalized spacial score (nSPS) is 20.0. The molecular formula is C13H17BFN3O3S. The van der Waals surface area contributed by atoms with Gasteiger partial charge in [0.25, 0.3) is 5.56 Å². The van der Waals surface area contributed by atoms with Crippen LogP contribution in [0.5, 0.6) is 0 Å². The zero-order valence-electron chi connectivity index (χ0n) is 13.1. The summed E-state index contributed by atoms with van der Waals surface area (Å²) >= 11 is -0.0643. The molecule has 0 amide bonds. The highest BCUT2D eigenvalue weighted by Gasteiger charge is 2.52. The van der Waals surface area contributed by atoms with E-state index in [2.05, 4.69) is 5.10 Å². The van der Waals surface area contributed by atoms with Gasteiger partial charge >= 0.3 is 7.12 Å². The molecule has 1 fully saturated rings. The summed E-state index contributed by atoms with van der Waals surface area (Å²) in [5, 5.41) is 4.49. The zero-order valence-corrected chi connectivity index (χ0v) is 13.9. The van der Waals surface area contributed by atoms with Crippen molar-refractivity contribution in [3.05, 3.63) is 22.7 Å². The van der Waals surface area contributed by atoms with Gasteiger partial charge < -0.3 is 13.9 Å². The average Bonchev–Trinajstić information content (AvgIpc) is 2.93. The van der Waals surface area contributed by atoms with E-state index in [4.69, 9.17) is 9.31 Å². The van der Waals surface area contributed by atoms with Crippen LogP contribution in [-0.4, -0.2) is 32.1 Å². The third-order valence-corrected chi connectivity index (χ3v) is 4.77. The van der Waals surface area contributed by atoms with E-state index in [0.717, 1.165) is 4.09 Å². The molecule has 0 aromatic carbocycles. The topological polar surface area (TPSA) is 58.3 Å². The molecule has 6 nitrogen and oxygen atoms in total. The molecule has 1 saturated heterocycles. The second kappa shape index (κ2) is 4.84.